The number of rotatable bonds is 7. The van der Waals surface area contributed by atoms with Crippen LogP contribution in [0.4, 0.5) is 0 Å². The van der Waals surface area contributed by atoms with Gasteiger partial charge in [0.05, 0.1) is 27.8 Å². The van der Waals surface area contributed by atoms with Gasteiger partial charge in [-0.1, -0.05) is 170 Å². The molecule has 2 nitrogen and oxygen atoms in total. The molecular weight excluding hydrogens is 749 g/mol. The van der Waals surface area contributed by atoms with E-state index < -0.39 is 0 Å². The maximum absolute atomic E-state index is 2.46. The first-order valence-corrected chi connectivity index (χ1v) is 21.3. The van der Waals surface area contributed by atoms with Gasteiger partial charge in [0.15, 0.2) is 0 Å². The first-order chi connectivity index (χ1) is 30.7. The summed E-state index contributed by atoms with van der Waals surface area (Å²) in [7, 11) is 0. The Morgan fingerprint density at radius 1 is 0.210 bits per heavy atom. The number of hydrogen-bond acceptors (Lipinski definition) is 0. The third kappa shape index (κ3) is 6.04. The van der Waals surface area contributed by atoms with Crippen LogP contribution in [0.3, 0.4) is 0 Å². The van der Waals surface area contributed by atoms with Crippen LogP contribution in [0, 0.1) is 0 Å². The summed E-state index contributed by atoms with van der Waals surface area (Å²) in [5.74, 6) is 0. The summed E-state index contributed by atoms with van der Waals surface area (Å²) >= 11 is 0. The van der Waals surface area contributed by atoms with Crippen LogP contribution in [0.25, 0.3) is 111 Å². The van der Waals surface area contributed by atoms with E-state index in [2.05, 4.69) is 252 Å². The SMILES string of the molecule is c1ccc(-c2ccc3c(c2)c2cc(-c4cccc(-c5ccccc5-n5c6ccc(-c7ccccc7)cc6c6cc(-c7ccccc7)ccc65)c4)ccc2n3-c2ccccc2)cc1. The van der Waals surface area contributed by atoms with Gasteiger partial charge in [0.1, 0.15) is 0 Å². The molecule has 290 valence electrons. The van der Waals surface area contributed by atoms with Gasteiger partial charge in [-0.2, -0.15) is 0 Å². The Kier molecular flexibility index (Phi) is 8.53. The molecule has 0 aliphatic rings. The van der Waals surface area contributed by atoms with Crippen LogP contribution in [0.15, 0.2) is 243 Å². The van der Waals surface area contributed by atoms with Crippen LogP contribution in [0.1, 0.15) is 0 Å². The maximum Gasteiger partial charge on any atom is 0.0541 e. The van der Waals surface area contributed by atoms with E-state index in [9.17, 15) is 0 Å². The molecule has 0 aliphatic carbocycles. The number of para-hydroxylation sites is 2. The lowest BCUT2D eigenvalue weighted by Crippen LogP contribution is -1.97. The second-order valence-corrected chi connectivity index (χ2v) is 16.1. The standard InChI is InChI=1S/C60H40N2/c1-5-16-41(17-6-1)45-28-32-57-52(37-45)53-40-48(31-33-58(53)61(57)50-24-11-4-12-25-50)44-22-15-23-49(36-44)51-26-13-14-27-56(51)62-59-34-29-46(42-18-7-2-8-19-42)38-54(59)55-39-47(30-35-60(55)62)43-20-9-3-10-21-43/h1-40H. The average Bonchev–Trinajstić information content (AvgIpc) is 3.86. The molecule has 62 heavy (non-hydrogen) atoms. The number of fused-ring (bicyclic) bond motifs is 6. The summed E-state index contributed by atoms with van der Waals surface area (Å²) in [5, 5.41) is 4.95. The molecule has 0 N–H and O–H groups in total. The first kappa shape index (κ1) is 35.7. The van der Waals surface area contributed by atoms with E-state index in [1.54, 1.807) is 0 Å². The summed E-state index contributed by atoms with van der Waals surface area (Å²) in [4.78, 5) is 0. The molecule has 0 spiro atoms. The minimum atomic E-state index is 1.15. The molecule has 10 aromatic carbocycles. The topological polar surface area (TPSA) is 9.86 Å². The minimum absolute atomic E-state index is 1.15. The van der Waals surface area contributed by atoms with Crippen molar-refractivity contribution in [3.05, 3.63) is 243 Å². The normalized spacial score (nSPS) is 11.5. The van der Waals surface area contributed by atoms with Gasteiger partial charge in [-0.25, -0.2) is 0 Å². The molecule has 0 fully saturated rings. The maximum atomic E-state index is 2.46. The third-order valence-electron chi connectivity index (χ3n) is 12.5. The Bertz CT molecular complexity index is 3500. The van der Waals surface area contributed by atoms with Crippen molar-refractivity contribution < 1.29 is 0 Å². The lowest BCUT2D eigenvalue weighted by molar-refractivity contribution is 1.18. The van der Waals surface area contributed by atoms with Gasteiger partial charge in [0.2, 0.25) is 0 Å². The monoisotopic (exact) mass is 788 g/mol. The molecular formula is C60H40N2. The van der Waals surface area contributed by atoms with E-state index in [0.29, 0.717) is 0 Å². The smallest absolute Gasteiger partial charge is 0.0541 e. The molecule has 12 aromatic rings. The third-order valence-corrected chi connectivity index (χ3v) is 12.5. The van der Waals surface area contributed by atoms with E-state index in [-0.39, 0.29) is 0 Å². The van der Waals surface area contributed by atoms with E-state index in [1.807, 2.05) is 0 Å². The van der Waals surface area contributed by atoms with Crippen molar-refractivity contribution in [2.75, 3.05) is 0 Å². The van der Waals surface area contributed by atoms with Crippen molar-refractivity contribution in [1.29, 1.82) is 0 Å². The molecule has 12 rings (SSSR count). The molecule has 0 bridgehead atoms. The highest BCUT2D eigenvalue weighted by Crippen LogP contribution is 2.41. The van der Waals surface area contributed by atoms with Crippen LogP contribution in [-0.4, -0.2) is 9.13 Å². The Hall–Kier alpha value is -8.20. The second kappa shape index (κ2) is 14.8. The van der Waals surface area contributed by atoms with Crippen LogP contribution < -0.4 is 0 Å². The predicted octanol–water partition coefficient (Wildman–Crippen LogP) is 16.2. The summed E-state index contributed by atoms with van der Waals surface area (Å²) in [6.45, 7) is 0. The second-order valence-electron chi connectivity index (χ2n) is 16.1. The van der Waals surface area contributed by atoms with Crippen LogP contribution >= 0.6 is 0 Å². The number of benzene rings is 10. The predicted molar refractivity (Wildman–Crippen MR) is 262 cm³/mol. The molecule has 0 unspecified atom stereocenters. The van der Waals surface area contributed by atoms with Crippen molar-refractivity contribution in [2.45, 2.75) is 0 Å². The summed E-state index contributed by atoms with van der Waals surface area (Å²) in [5.41, 5.74) is 19.1. The first-order valence-electron chi connectivity index (χ1n) is 21.3. The summed E-state index contributed by atoms with van der Waals surface area (Å²) < 4.78 is 4.86. The van der Waals surface area contributed by atoms with Crippen LogP contribution in [0.5, 0.6) is 0 Å². The van der Waals surface area contributed by atoms with Crippen molar-refractivity contribution >= 4 is 43.6 Å². The number of aromatic nitrogens is 2. The molecule has 2 heteroatoms. The van der Waals surface area contributed by atoms with Gasteiger partial charge in [0.25, 0.3) is 0 Å². The molecule has 0 radical (unpaired) electrons. The lowest BCUT2D eigenvalue weighted by Gasteiger charge is -2.15. The van der Waals surface area contributed by atoms with Gasteiger partial charge in [-0.05, 0) is 123 Å². The lowest BCUT2D eigenvalue weighted by atomic mass is 9.96. The van der Waals surface area contributed by atoms with Crippen LogP contribution in [0.2, 0.25) is 0 Å². The van der Waals surface area contributed by atoms with Gasteiger partial charge in [-0.15, -0.1) is 0 Å². The highest BCUT2D eigenvalue weighted by Gasteiger charge is 2.19. The molecule has 0 aliphatic heterocycles. The van der Waals surface area contributed by atoms with E-state index >= 15 is 0 Å². The molecule has 2 aromatic heterocycles. The fourth-order valence-corrected chi connectivity index (χ4v) is 9.55. The average molecular weight is 789 g/mol. The molecule has 2 heterocycles. The van der Waals surface area contributed by atoms with Crippen LogP contribution in [-0.2, 0) is 0 Å². The highest BCUT2D eigenvalue weighted by molar-refractivity contribution is 6.13. The van der Waals surface area contributed by atoms with Gasteiger partial charge >= 0.3 is 0 Å². The van der Waals surface area contributed by atoms with Crippen molar-refractivity contribution in [2.24, 2.45) is 0 Å². The van der Waals surface area contributed by atoms with E-state index in [4.69, 9.17) is 0 Å². The van der Waals surface area contributed by atoms with Gasteiger partial charge < -0.3 is 9.13 Å². The molecule has 0 saturated heterocycles. The van der Waals surface area contributed by atoms with Crippen molar-refractivity contribution in [3.8, 4) is 67.0 Å². The fourth-order valence-electron chi connectivity index (χ4n) is 9.55. The van der Waals surface area contributed by atoms with Crippen molar-refractivity contribution in [3.63, 3.8) is 0 Å². The highest BCUT2D eigenvalue weighted by atomic mass is 15.0. The Morgan fingerprint density at radius 2 is 0.548 bits per heavy atom. The van der Waals surface area contributed by atoms with E-state index in [0.717, 1.165) is 11.4 Å². The van der Waals surface area contributed by atoms with Gasteiger partial charge in [0, 0.05) is 32.8 Å². The summed E-state index contributed by atoms with van der Waals surface area (Å²) in [6, 6.07) is 88.4. The van der Waals surface area contributed by atoms with Gasteiger partial charge in [-0.3, -0.25) is 0 Å². The minimum Gasteiger partial charge on any atom is -0.309 e. The quantitative estimate of drug-likeness (QED) is 0.152. The number of nitrogens with zero attached hydrogens (tertiary/aromatic N) is 2. The zero-order valence-electron chi connectivity index (χ0n) is 34.0. The summed E-state index contributed by atoms with van der Waals surface area (Å²) in [6.07, 6.45) is 0. The zero-order chi connectivity index (χ0) is 41.0. The Labute approximate surface area is 360 Å². The van der Waals surface area contributed by atoms with Crippen molar-refractivity contribution in [1.82, 2.24) is 9.13 Å². The zero-order valence-corrected chi connectivity index (χ0v) is 34.0. The largest absolute Gasteiger partial charge is 0.309 e. The fraction of sp³-hybridized carbons (Fsp3) is 0. The molecule has 0 amide bonds. The Morgan fingerprint density at radius 3 is 1.02 bits per heavy atom. The number of hydrogen-bond donors (Lipinski definition) is 0. The molecule has 0 atom stereocenters. The molecule has 0 saturated carbocycles. The Balaban J connectivity index is 1.02. The van der Waals surface area contributed by atoms with E-state index in [1.165, 1.54) is 99.2 Å².